The van der Waals surface area contributed by atoms with Gasteiger partial charge < -0.3 is 10.1 Å². The Kier molecular flexibility index (Phi) is 6.11. The Bertz CT molecular complexity index is 760. The number of ether oxygens (including phenoxy) is 1. The first-order valence-corrected chi connectivity index (χ1v) is 9.74. The molecule has 1 aromatic carbocycles. The topological polar surface area (TPSA) is 92.8 Å². The molecule has 1 saturated carbocycles. The lowest BCUT2D eigenvalue weighted by Gasteiger charge is -2.19. The van der Waals surface area contributed by atoms with Crippen LogP contribution in [0, 0.1) is 25.7 Å². The number of benzene rings is 1. The number of hydrogen-bond donors (Lipinski definition) is 1. The van der Waals surface area contributed by atoms with Crippen molar-refractivity contribution < 1.29 is 23.9 Å². The van der Waals surface area contributed by atoms with Crippen LogP contribution in [0.25, 0.3) is 0 Å². The summed E-state index contributed by atoms with van der Waals surface area (Å²) in [5.41, 5.74) is 2.69. The number of carbonyl (C=O) groups is 4. The van der Waals surface area contributed by atoms with Crippen LogP contribution in [0.4, 0.5) is 5.69 Å². The maximum absolute atomic E-state index is 12.4. The second-order valence-corrected chi connectivity index (χ2v) is 7.66. The Morgan fingerprint density at radius 3 is 2.18 bits per heavy atom. The van der Waals surface area contributed by atoms with Crippen LogP contribution in [-0.2, 0) is 23.9 Å². The molecule has 3 rings (SSSR count). The molecule has 3 amide bonds. The van der Waals surface area contributed by atoms with Crippen LogP contribution in [-0.4, -0.2) is 41.7 Å². The summed E-state index contributed by atoms with van der Waals surface area (Å²) in [6.07, 6.45) is 3.31. The lowest BCUT2D eigenvalue weighted by molar-refractivity contribution is -0.148. The molecule has 1 aliphatic heterocycles. The van der Waals surface area contributed by atoms with Crippen LogP contribution in [0.5, 0.6) is 0 Å². The van der Waals surface area contributed by atoms with Crippen LogP contribution in [0.3, 0.4) is 0 Å². The van der Waals surface area contributed by atoms with Gasteiger partial charge in [-0.2, -0.15) is 0 Å². The van der Waals surface area contributed by atoms with E-state index in [1.54, 1.807) is 0 Å². The van der Waals surface area contributed by atoms with Crippen molar-refractivity contribution in [1.82, 2.24) is 4.90 Å². The van der Waals surface area contributed by atoms with E-state index >= 15 is 0 Å². The summed E-state index contributed by atoms with van der Waals surface area (Å²) in [4.78, 5) is 49.9. The lowest BCUT2D eigenvalue weighted by atomic mass is 9.81. The quantitative estimate of drug-likeness (QED) is 0.598. The Morgan fingerprint density at radius 1 is 1.04 bits per heavy atom. The highest BCUT2D eigenvalue weighted by Crippen LogP contribution is 2.37. The second-order valence-electron chi connectivity index (χ2n) is 7.66. The number of likely N-dealkylation sites (tertiary alicyclic amines) is 1. The van der Waals surface area contributed by atoms with E-state index in [4.69, 9.17) is 4.74 Å². The number of esters is 1. The number of imide groups is 1. The summed E-state index contributed by atoms with van der Waals surface area (Å²) in [5, 5.41) is 2.69. The first kappa shape index (κ1) is 20.0. The molecule has 0 aromatic heterocycles. The molecule has 0 spiro atoms. The zero-order valence-corrected chi connectivity index (χ0v) is 16.3. The number of carbonyl (C=O) groups excluding carboxylic acids is 4. The van der Waals surface area contributed by atoms with Gasteiger partial charge in [-0.15, -0.1) is 0 Å². The zero-order chi connectivity index (χ0) is 20.3. The van der Waals surface area contributed by atoms with E-state index in [0.29, 0.717) is 5.69 Å². The van der Waals surface area contributed by atoms with Gasteiger partial charge in [0.15, 0.2) is 6.61 Å². The van der Waals surface area contributed by atoms with Crippen LogP contribution in [0.15, 0.2) is 18.2 Å². The summed E-state index contributed by atoms with van der Waals surface area (Å²) < 4.78 is 4.99. The van der Waals surface area contributed by atoms with E-state index in [1.165, 1.54) is 4.90 Å². The summed E-state index contributed by atoms with van der Waals surface area (Å²) >= 11 is 0. The Labute approximate surface area is 164 Å². The number of aryl methyl sites for hydroxylation is 2. The van der Waals surface area contributed by atoms with Crippen molar-refractivity contribution in [2.24, 2.45) is 11.8 Å². The van der Waals surface area contributed by atoms with Crippen molar-refractivity contribution in [3.05, 3.63) is 29.3 Å². The average molecular weight is 386 g/mol. The molecule has 1 N–H and O–H groups in total. The fourth-order valence-electron chi connectivity index (χ4n) is 4.12. The van der Waals surface area contributed by atoms with Gasteiger partial charge in [0, 0.05) is 12.2 Å². The first-order valence-electron chi connectivity index (χ1n) is 9.74. The molecule has 2 aliphatic rings. The molecular formula is C21H26N2O5. The Hall–Kier alpha value is -2.70. The maximum atomic E-state index is 12.4. The van der Waals surface area contributed by atoms with E-state index in [-0.39, 0.29) is 36.6 Å². The monoisotopic (exact) mass is 386 g/mol. The highest BCUT2D eigenvalue weighted by Gasteiger charge is 2.47. The van der Waals surface area contributed by atoms with Crippen molar-refractivity contribution in [2.45, 2.75) is 46.0 Å². The summed E-state index contributed by atoms with van der Waals surface area (Å²) in [6, 6.07) is 5.65. The van der Waals surface area contributed by atoms with Gasteiger partial charge >= 0.3 is 5.97 Å². The van der Waals surface area contributed by atoms with Crippen LogP contribution >= 0.6 is 0 Å². The number of fused-ring (bicyclic) bond motifs is 1. The molecule has 2 atom stereocenters. The Balaban J connectivity index is 1.43. The summed E-state index contributed by atoms with van der Waals surface area (Å²) in [7, 11) is 0. The fourth-order valence-corrected chi connectivity index (χ4v) is 4.12. The summed E-state index contributed by atoms with van der Waals surface area (Å²) in [6.45, 7) is 3.47. The molecule has 28 heavy (non-hydrogen) atoms. The van der Waals surface area contributed by atoms with Crippen LogP contribution in [0.2, 0.25) is 0 Å². The minimum absolute atomic E-state index is 0.0161. The van der Waals surface area contributed by atoms with E-state index in [1.807, 2.05) is 32.0 Å². The predicted octanol–water partition coefficient (Wildman–Crippen LogP) is 2.35. The first-order chi connectivity index (χ1) is 13.3. The van der Waals surface area contributed by atoms with Crippen molar-refractivity contribution in [1.29, 1.82) is 0 Å². The molecule has 0 radical (unpaired) electrons. The fraction of sp³-hybridized carbons (Fsp3) is 0.524. The minimum atomic E-state index is -0.606. The number of rotatable bonds is 6. The van der Waals surface area contributed by atoms with Gasteiger partial charge in [-0.3, -0.25) is 24.1 Å². The number of amides is 3. The molecule has 2 fully saturated rings. The van der Waals surface area contributed by atoms with Gasteiger partial charge in [0.1, 0.15) is 0 Å². The van der Waals surface area contributed by atoms with Crippen molar-refractivity contribution >= 4 is 29.4 Å². The second kappa shape index (κ2) is 8.54. The molecule has 0 bridgehead atoms. The third kappa shape index (κ3) is 4.58. The smallest absolute Gasteiger partial charge is 0.308 e. The molecular weight excluding hydrogens is 360 g/mol. The zero-order valence-electron chi connectivity index (χ0n) is 16.3. The molecule has 7 heteroatoms. The van der Waals surface area contributed by atoms with Gasteiger partial charge in [-0.1, -0.05) is 18.9 Å². The highest BCUT2D eigenvalue weighted by atomic mass is 16.5. The van der Waals surface area contributed by atoms with Crippen molar-refractivity contribution in [2.75, 3.05) is 18.5 Å². The van der Waals surface area contributed by atoms with E-state index in [0.717, 1.165) is 36.8 Å². The number of anilines is 1. The predicted molar refractivity (Wildman–Crippen MR) is 102 cm³/mol. The standard InChI is InChI=1S/C21H26N2O5/c1-13-9-14(2)11-15(10-13)22-18(24)12-28-19(25)7-8-23-20(26)16-5-3-4-6-17(16)21(23)27/h9-11,16-17H,3-8,12H2,1-2H3,(H,22,24)/t16-,17-/m1/s1. The minimum Gasteiger partial charge on any atom is -0.456 e. The van der Waals surface area contributed by atoms with Crippen molar-refractivity contribution in [3.63, 3.8) is 0 Å². The van der Waals surface area contributed by atoms with Gasteiger partial charge in [-0.25, -0.2) is 0 Å². The molecule has 1 heterocycles. The van der Waals surface area contributed by atoms with E-state index < -0.39 is 18.5 Å². The third-order valence-corrected chi connectivity index (χ3v) is 5.34. The maximum Gasteiger partial charge on any atom is 0.308 e. The largest absolute Gasteiger partial charge is 0.456 e. The van der Waals surface area contributed by atoms with E-state index in [9.17, 15) is 19.2 Å². The SMILES string of the molecule is Cc1cc(C)cc(NC(=O)COC(=O)CCN2C(=O)[C@@H]3CCCC[C@H]3C2=O)c1. The molecule has 1 saturated heterocycles. The normalized spacial score (nSPS) is 21.4. The molecule has 1 aromatic rings. The molecule has 7 nitrogen and oxygen atoms in total. The van der Waals surface area contributed by atoms with Gasteiger partial charge in [0.05, 0.1) is 18.3 Å². The molecule has 150 valence electrons. The van der Waals surface area contributed by atoms with E-state index in [2.05, 4.69) is 5.32 Å². The highest BCUT2D eigenvalue weighted by molar-refractivity contribution is 6.05. The summed E-state index contributed by atoms with van der Waals surface area (Å²) in [5.74, 6) is -1.82. The lowest BCUT2D eigenvalue weighted by Crippen LogP contribution is -2.33. The third-order valence-electron chi connectivity index (χ3n) is 5.34. The number of hydrogen-bond acceptors (Lipinski definition) is 5. The number of nitrogens with one attached hydrogen (secondary N) is 1. The molecule has 1 aliphatic carbocycles. The molecule has 0 unspecified atom stereocenters. The van der Waals surface area contributed by atoms with Gasteiger partial charge in [0.25, 0.3) is 5.91 Å². The van der Waals surface area contributed by atoms with Crippen LogP contribution in [0.1, 0.15) is 43.2 Å². The number of nitrogens with zero attached hydrogens (tertiary/aromatic N) is 1. The van der Waals surface area contributed by atoms with Gasteiger partial charge in [0.2, 0.25) is 11.8 Å². The van der Waals surface area contributed by atoms with Crippen LogP contribution < -0.4 is 5.32 Å². The average Bonchev–Trinajstić information content (AvgIpc) is 2.88. The van der Waals surface area contributed by atoms with Crippen molar-refractivity contribution in [3.8, 4) is 0 Å². The Morgan fingerprint density at radius 2 is 1.61 bits per heavy atom. The van der Waals surface area contributed by atoms with Gasteiger partial charge in [-0.05, 0) is 49.9 Å².